The van der Waals surface area contributed by atoms with Crippen LogP contribution in [0.1, 0.15) is 11.1 Å². The fraction of sp³-hybridized carbons (Fsp3) is 0.381. The molecule has 1 saturated heterocycles. The Balaban J connectivity index is 1.55. The van der Waals surface area contributed by atoms with Gasteiger partial charge in [0.05, 0.1) is 6.42 Å². The normalized spacial score (nSPS) is 14.5. The largest absolute Gasteiger partial charge is 0.378 e. The number of anilines is 2. The number of carbonyl (C=O) groups is 1. The topological polar surface area (TPSA) is 26.8 Å². The molecule has 2 aromatic carbocycles. The van der Waals surface area contributed by atoms with E-state index in [1.54, 1.807) is 0 Å². The van der Waals surface area contributed by atoms with Gasteiger partial charge in [-0.25, -0.2) is 0 Å². The van der Waals surface area contributed by atoms with Crippen molar-refractivity contribution in [2.24, 2.45) is 0 Å². The molecule has 0 saturated carbocycles. The number of carbonyl (C=O) groups excluding carboxylic acids is 1. The third-order valence-corrected chi connectivity index (χ3v) is 4.80. The number of benzene rings is 2. The van der Waals surface area contributed by atoms with Crippen LogP contribution in [0.15, 0.2) is 48.5 Å². The van der Waals surface area contributed by atoms with Gasteiger partial charge in [-0.15, -0.1) is 0 Å². The van der Waals surface area contributed by atoms with Crippen LogP contribution in [0, 0.1) is 6.92 Å². The van der Waals surface area contributed by atoms with Crippen molar-refractivity contribution in [1.29, 1.82) is 0 Å². The molecule has 0 bridgehead atoms. The highest BCUT2D eigenvalue weighted by Gasteiger charge is 2.21. The van der Waals surface area contributed by atoms with E-state index >= 15 is 0 Å². The molecule has 0 spiro atoms. The standard InChI is InChI=1S/C21H27N3O/c1-17-5-4-6-18(15-17)16-21(25)24-13-11-23(12-14-24)20-9-7-19(8-10-20)22(2)3/h4-10,15H,11-14,16H2,1-3H3. The number of rotatable bonds is 4. The fourth-order valence-corrected chi connectivity index (χ4v) is 3.28. The van der Waals surface area contributed by atoms with Crippen molar-refractivity contribution in [1.82, 2.24) is 4.90 Å². The van der Waals surface area contributed by atoms with E-state index in [0.29, 0.717) is 6.42 Å². The first-order chi connectivity index (χ1) is 12.0. The van der Waals surface area contributed by atoms with Crippen molar-refractivity contribution in [3.8, 4) is 0 Å². The van der Waals surface area contributed by atoms with Crippen LogP contribution in [0.4, 0.5) is 11.4 Å². The summed E-state index contributed by atoms with van der Waals surface area (Å²) in [4.78, 5) is 19.0. The van der Waals surface area contributed by atoms with Crippen LogP contribution in [0.25, 0.3) is 0 Å². The number of piperazine rings is 1. The van der Waals surface area contributed by atoms with Gasteiger partial charge >= 0.3 is 0 Å². The van der Waals surface area contributed by atoms with E-state index in [4.69, 9.17) is 0 Å². The van der Waals surface area contributed by atoms with Crippen molar-refractivity contribution in [2.45, 2.75) is 13.3 Å². The lowest BCUT2D eigenvalue weighted by atomic mass is 10.1. The molecule has 0 aliphatic carbocycles. The van der Waals surface area contributed by atoms with Crippen molar-refractivity contribution in [3.05, 3.63) is 59.7 Å². The molecule has 0 aromatic heterocycles. The molecule has 0 radical (unpaired) electrons. The highest BCUT2D eigenvalue weighted by molar-refractivity contribution is 5.79. The molecule has 1 fully saturated rings. The SMILES string of the molecule is Cc1cccc(CC(=O)N2CCN(c3ccc(N(C)C)cc3)CC2)c1. The van der Waals surface area contributed by atoms with E-state index in [9.17, 15) is 4.79 Å². The predicted molar refractivity (Wildman–Crippen MR) is 104 cm³/mol. The van der Waals surface area contributed by atoms with Gasteiger partial charge in [-0.2, -0.15) is 0 Å². The first-order valence-electron chi connectivity index (χ1n) is 8.88. The zero-order chi connectivity index (χ0) is 17.8. The number of hydrogen-bond acceptors (Lipinski definition) is 3. The Bertz CT molecular complexity index is 716. The monoisotopic (exact) mass is 337 g/mol. The van der Waals surface area contributed by atoms with Gasteiger partial charge in [0.1, 0.15) is 0 Å². The van der Waals surface area contributed by atoms with Gasteiger partial charge < -0.3 is 14.7 Å². The van der Waals surface area contributed by atoms with Gasteiger partial charge in [-0.3, -0.25) is 4.79 Å². The van der Waals surface area contributed by atoms with Gasteiger partial charge in [0.15, 0.2) is 0 Å². The third kappa shape index (κ3) is 4.32. The first kappa shape index (κ1) is 17.3. The smallest absolute Gasteiger partial charge is 0.227 e. The summed E-state index contributed by atoms with van der Waals surface area (Å²) in [6.07, 6.45) is 0.499. The first-order valence-corrected chi connectivity index (χ1v) is 8.88. The van der Waals surface area contributed by atoms with Crippen LogP contribution in [0.5, 0.6) is 0 Å². The Hall–Kier alpha value is -2.49. The molecular weight excluding hydrogens is 310 g/mol. The lowest BCUT2D eigenvalue weighted by Gasteiger charge is -2.36. The van der Waals surface area contributed by atoms with Gasteiger partial charge in [-0.1, -0.05) is 29.8 Å². The second-order valence-electron chi connectivity index (χ2n) is 6.94. The molecule has 0 unspecified atom stereocenters. The van der Waals surface area contributed by atoms with E-state index < -0.39 is 0 Å². The summed E-state index contributed by atoms with van der Waals surface area (Å²) in [5, 5.41) is 0. The minimum atomic E-state index is 0.230. The molecule has 4 nitrogen and oxygen atoms in total. The maximum atomic E-state index is 12.5. The Morgan fingerprint density at radius 2 is 1.68 bits per heavy atom. The molecule has 25 heavy (non-hydrogen) atoms. The molecule has 132 valence electrons. The van der Waals surface area contributed by atoms with Crippen molar-refractivity contribution in [3.63, 3.8) is 0 Å². The summed E-state index contributed by atoms with van der Waals surface area (Å²) in [6, 6.07) is 16.8. The van der Waals surface area contributed by atoms with Crippen LogP contribution in [-0.2, 0) is 11.2 Å². The molecule has 1 amide bonds. The van der Waals surface area contributed by atoms with Gasteiger partial charge in [0.2, 0.25) is 5.91 Å². The molecule has 3 rings (SSSR count). The summed E-state index contributed by atoms with van der Waals surface area (Å²) in [5.41, 5.74) is 4.75. The van der Waals surface area contributed by atoms with E-state index in [0.717, 1.165) is 31.7 Å². The van der Waals surface area contributed by atoms with Gasteiger partial charge in [0.25, 0.3) is 0 Å². The summed E-state index contributed by atoms with van der Waals surface area (Å²) in [5.74, 6) is 0.230. The summed E-state index contributed by atoms with van der Waals surface area (Å²) < 4.78 is 0. The molecule has 1 heterocycles. The Kier molecular flexibility index (Phi) is 5.27. The predicted octanol–water partition coefficient (Wildman–Crippen LogP) is 2.95. The van der Waals surface area contributed by atoms with E-state index in [1.165, 1.54) is 16.9 Å². The molecule has 4 heteroatoms. The van der Waals surface area contributed by atoms with Crippen molar-refractivity contribution >= 4 is 17.3 Å². The van der Waals surface area contributed by atoms with Gasteiger partial charge in [-0.05, 0) is 36.8 Å². The lowest BCUT2D eigenvalue weighted by Crippen LogP contribution is -2.49. The highest BCUT2D eigenvalue weighted by Crippen LogP contribution is 2.21. The number of amides is 1. The van der Waals surface area contributed by atoms with Crippen molar-refractivity contribution in [2.75, 3.05) is 50.1 Å². The van der Waals surface area contributed by atoms with E-state index in [-0.39, 0.29) is 5.91 Å². The van der Waals surface area contributed by atoms with Crippen LogP contribution in [-0.4, -0.2) is 51.1 Å². The van der Waals surface area contributed by atoms with Crippen LogP contribution < -0.4 is 9.80 Å². The molecule has 1 aliphatic heterocycles. The average molecular weight is 337 g/mol. The second kappa shape index (κ2) is 7.60. The van der Waals surface area contributed by atoms with Gasteiger partial charge in [0, 0.05) is 51.6 Å². The molecule has 1 aliphatic rings. The maximum Gasteiger partial charge on any atom is 0.227 e. The van der Waals surface area contributed by atoms with Crippen LogP contribution in [0.2, 0.25) is 0 Å². The van der Waals surface area contributed by atoms with E-state index in [2.05, 4.69) is 53.1 Å². The zero-order valence-corrected chi connectivity index (χ0v) is 15.4. The highest BCUT2D eigenvalue weighted by atomic mass is 16.2. The minimum Gasteiger partial charge on any atom is -0.378 e. The lowest BCUT2D eigenvalue weighted by molar-refractivity contribution is -0.130. The summed E-state index contributed by atoms with van der Waals surface area (Å²) >= 11 is 0. The van der Waals surface area contributed by atoms with Crippen LogP contribution >= 0.6 is 0 Å². The quantitative estimate of drug-likeness (QED) is 0.858. The van der Waals surface area contributed by atoms with Crippen LogP contribution in [0.3, 0.4) is 0 Å². The maximum absolute atomic E-state index is 12.5. The number of hydrogen-bond donors (Lipinski definition) is 0. The molecule has 0 N–H and O–H groups in total. The molecule has 0 atom stereocenters. The Labute approximate surface area is 150 Å². The Morgan fingerprint density at radius 3 is 2.28 bits per heavy atom. The second-order valence-corrected chi connectivity index (χ2v) is 6.94. The molecule has 2 aromatic rings. The molecular formula is C21H27N3O. The Morgan fingerprint density at radius 1 is 1.00 bits per heavy atom. The minimum absolute atomic E-state index is 0.230. The van der Waals surface area contributed by atoms with Crippen molar-refractivity contribution < 1.29 is 4.79 Å². The number of nitrogens with zero attached hydrogens (tertiary/aromatic N) is 3. The number of aryl methyl sites for hydroxylation is 1. The zero-order valence-electron chi connectivity index (χ0n) is 15.4. The fourth-order valence-electron chi connectivity index (χ4n) is 3.28. The summed E-state index contributed by atoms with van der Waals surface area (Å²) in [7, 11) is 4.10. The average Bonchev–Trinajstić information content (AvgIpc) is 2.62. The third-order valence-electron chi connectivity index (χ3n) is 4.80. The summed E-state index contributed by atoms with van der Waals surface area (Å²) in [6.45, 7) is 5.43. The van der Waals surface area contributed by atoms with E-state index in [1.807, 2.05) is 31.1 Å².